The third-order valence-corrected chi connectivity index (χ3v) is 5.63. The Balaban J connectivity index is 1.65. The lowest BCUT2D eigenvalue weighted by Crippen LogP contribution is -2.26. The van der Waals surface area contributed by atoms with Gasteiger partial charge in [0.1, 0.15) is 6.54 Å². The van der Waals surface area contributed by atoms with Crippen LogP contribution in [0, 0.1) is 0 Å². The van der Waals surface area contributed by atoms with Crippen LogP contribution in [0.3, 0.4) is 0 Å². The minimum absolute atomic E-state index is 0.0851. The van der Waals surface area contributed by atoms with Crippen molar-refractivity contribution in [2.75, 3.05) is 18.5 Å². The van der Waals surface area contributed by atoms with Gasteiger partial charge < -0.3 is 14.6 Å². The zero-order valence-corrected chi connectivity index (χ0v) is 17.2. The zero-order chi connectivity index (χ0) is 22.2. The molecule has 1 amide bonds. The summed E-state index contributed by atoms with van der Waals surface area (Å²) in [7, 11) is 0. The Labute approximate surface area is 178 Å². The van der Waals surface area contributed by atoms with Crippen LogP contribution < -0.4 is 10.9 Å². The Morgan fingerprint density at radius 2 is 2.16 bits per heavy atom. The number of halogens is 3. The van der Waals surface area contributed by atoms with Crippen LogP contribution in [0.4, 0.5) is 18.2 Å². The minimum atomic E-state index is -4.48. The third-order valence-electron chi connectivity index (χ3n) is 4.78. The summed E-state index contributed by atoms with van der Waals surface area (Å²) in [5, 5.41) is 7.79. The molecule has 164 valence electrons. The molecular weight excluding hydrogens is 435 g/mol. The molecule has 0 spiro atoms. The molecule has 0 atom stereocenters. The second-order valence-corrected chi connectivity index (χ2v) is 7.77. The van der Waals surface area contributed by atoms with Crippen LogP contribution in [0.25, 0.3) is 11.4 Å². The maximum atomic E-state index is 12.8. The third kappa shape index (κ3) is 4.39. The van der Waals surface area contributed by atoms with Crippen molar-refractivity contribution in [2.24, 2.45) is 0 Å². The van der Waals surface area contributed by atoms with Crippen LogP contribution >= 0.6 is 11.3 Å². The standard InChI is InChI=1S/C19H18F3N5O3S/c1-2-13-8-16(29)27-18(24-17(25-27)11-3-5-30-6-4-11)26(13)9-14(28)23-15-7-12(10-31-15)19(20,21)22/h3,7-8,10H,2,4-6,9H2,1H3,(H,23,28). The summed E-state index contributed by atoms with van der Waals surface area (Å²) in [6, 6.07) is 2.26. The van der Waals surface area contributed by atoms with Crippen molar-refractivity contribution in [3.8, 4) is 0 Å². The molecule has 0 unspecified atom stereocenters. The number of anilines is 1. The molecule has 1 N–H and O–H groups in total. The van der Waals surface area contributed by atoms with Gasteiger partial charge in [-0.2, -0.15) is 22.7 Å². The van der Waals surface area contributed by atoms with E-state index in [1.807, 2.05) is 13.0 Å². The topological polar surface area (TPSA) is 90.5 Å². The molecular formula is C19H18F3N5O3S. The highest BCUT2D eigenvalue weighted by Gasteiger charge is 2.31. The SMILES string of the molecule is CCc1cc(=O)n2nc(C3=CCOCC3)nc2n1CC(=O)Nc1cc(C(F)(F)F)cs1. The lowest BCUT2D eigenvalue weighted by atomic mass is 10.1. The molecule has 4 rings (SSSR count). The number of aromatic nitrogens is 4. The van der Waals surface area contributed by atoms with Crippen molar-refractivity contribution in [1.29, 1.82) is 0 Å². The number of nitrogens with zero attached hydrogens (tertiary/aromatic N) is 4. The molecule has 12 heteroatoms. The molecule has 1 aliphatic heterocycles. The van der Waals surface area contributed by atoms with Crippen LogP contribution in [0.2, 0.25) is 0 Å². The average molecular weight is 453 g/mol. The van der Waals surface area contributed by atoms with Crippen LogP contribution in [0.1, 0.15) is 30.4 Å². The van der Waals surface area contributed by atoms with Gasteiger partial charge in [-0.3, -0.25) is 9.59 Å². The fourth-order valence-corrected chi connectivity index (χ4v) is 4.06. The fraction of sp³-hybridized carbons (Fsp3) is 0.368. The Morgan fingerprint density at radius 3 is 2.81 bits per heavy atom. The second kappa shape index (κ2) is 8.27. The second-order valence-electron chi connectivity index (χ2n) is 6.86. The number of thiophene rings is 1. The molecule has 0 aromatic carbocycles. The van der Waals surface area contributed by atoms with Crippen LogP contribution in [0.5, 0.6) is 0 Å². The summed E-state index contributed by atoms with van der Waals surface area (Å²) in [5.74, 6) is 0.0468. The van der Waals surface area contributed by atoms with Gasteiger partial charge in [-0.05, 0) is 24.5 Å². The normalized spacial score (nSPS) is 14.6. The summed E-state index contributed by atoms with van der Waals surface area (Å²) < 4.78 is 46.3. The van der Waals surface area contributed by atoms with Crippen molar-refractivity contribution in [2.45, 2.75) is 32.5 Å². The molecule has 0 saturated carbocycles. The van der Waals surface area contributed by atoms with Gasteiger partial charge in [-0.1, -0.05) is 13.0 Å². The lowest BCUT2D eigenvalue weighted by molar-refractivity contribution is -0.137. The number of alkyl halides is 3. The van der Waals surface area contributed by atoms with Gasteiger partial charge in [0, 0.05) is 17.1 Å². The molecule has 3 aromatic heterocycles. The first-order valence-electron chi connectivity index (χ1n) is 9.48. The maximum absolute atomic E-state index is 12.8. The van der Waals surface area contributed by atoms with E-state index < -0.39 is 17.6 Å². The Hall–Kier alpha value is -2.99. The van der Waals surface area contributed by atoms with Gasteiger partial charge in [0.05, 0.1) is 23.8 Å². The molecule has 0 bridgehead atoms. The number of hydrogen-bond acceptors (Lipinski definition) is 6. The Kier molecular flexibility index (Phi) is 5.67. The zero-order valence-electron chi connectivity index (χ0n) is 16.4. The van der Waals surface area contributed by atoms with E-state index in [2.05, 4.69) is 15.4 Å². The lowest BCUT2D eigenvalue weighted by Gasteiger charge is -2.12. The van der Waals surface area contributed by atoms with Gasteiger partial charge in [-0.25, -0.2) is 0 Å². The minimum Gasteiger partial charge on any atom is -0.377 e. The van der Waals surface area contributed by atoms with E-state index in [9.17, 15) is 22.8 Å². The predicted molar refractivity (Wildman–Crippen MR) is 108 cm³/mol. The van der Waals surface area contributed by atoms with E-state index in [4.69, 9.17) is 4.74 Å². The largest absolute Gasteiger partial charge is 0.417 e. The number of amides is 1. The van der Waals surface area contributed by atoms with Crippen LogP contribution in [-0.2, 0) is 28.7 Å². The summed E-state index contributed by atoms with van der Waals surface area (Å²) in [6.07, 6.45) is -1.58. The van der Waals surface area contributed by atoms with Crippen molar-refractivity contribution in [3.05, 3.63) is 51.0 Å². The molecule has 0 radical (unpaired) electrons. The van der Waals surface area contributed by atoms with E-state index in [1.165, 1.54) is 6.07 Å². The van der Waals surface area contributed by atoms with E-state index in [1.54, 1.807) is 4.57 Å². The summed E-state index contributed by atoms with van der Waals surface area (Å²) in [4.78, 5) is 29.5. The van der Waals surface area contributed by atoms with Crippen molar-refractivity contribution >= 4 is 33.6 Å². The number of nitrogens with one attached hydrogen (secondary N) is 1. The Morgan fingerprint density at radius 1 is 1.35 bits per heavy atom. The highest BCUT2D eigenvalue weighted by molar-refractivity contribution is 7.14. The number of hydrogen-bond donors (Lipinski definition) is 1. The van der Waals surface area contributed by atoms with Gasteiger partial charge in [0.15, 0.2) is 5.82 Å². The number of aryl methyl sites for hydroxylation is 1. The Bertz CT molecular complexity index is 1220. The predicted octanol–water partition coefficient (Wildman–Crippen LogP) is 2.98. The number of rotatable bonds is 5. The average Bonchev–Trinajstić information content (AvgIpc) is 3.38. The van der Waals surface area contributed by atoms with Crippen molar-refractivity contribution < 1.29 is 22.7 Å². The van der Waals surface area contributed by atoms with Crippen molar-refractivity contribution in [1.82, 2.24) is 19.2 Å². The molecule has 0 fully saturated rings. The summed E-state index contributed by atoms with van der Waals surface area (Å²) in [6.45, 7) is 2.55. The summed E-state index contributed by atoms with van der Waals surface area (Å²) >= 11 is 0.791. The molecule has 3 aromatic rings. The van der Waals surface area contributed by atoms with Gasteiger partial charge in [0.2, 0.25) is 11.7 Å². The van der Waals surface area contributed by atoms with E-state index in [-0.39, 0.29) is 22.9 Å². The molecule has 1 aliphatic rings. The molecule has 0 saturated heterocycles. The summed E-state index contributed by atoms with van der Waals surface area (Å²) in [5.41, 5.74) is 0.221. The fourth-order valence-electron chi connectivity index (χ4n) is 3.24. The highest BCUT2D eigenvalue weighted by atomic mass is 32.1. The quantitative estimate of drug-likeness (QED) is 0.642. The maximum Gasteiger partial charge on any atom is 0.417 e. The molecule has 31 heavy (non-hydrogen) atoms. The van der Waals surface area contributed by atoms with Gasteiger partial charge in [-0.15, -0.1) is 16.4 Å². The van der Waals surface area contributed by atoms with Gasteiger partial charge in [0.25, 0.3) is 5.56 Å². The molecule has 0 aliphatic carbocycles. The highest BCUT2D eigenvalue weighted by Crippen LogP contribution is 2.34. The molecule has 8 nitrogen and oxygen atoms in total. The number of carbonyl (C=O) groups excluding carboxylic acids is 1. The van der Waals surface area contributed by atoms with E-state index in [0.717, 1.165) is 32.9 Å². The van der Waals surface area contributed by atoms with Crippen molar-refractivity contribution in [3.63, 3.8) is 0 Å². The smallest absolute Gasteiger partial charge is 0.377 e. The van der Waals surface area contributed by atoms with Gasteiger partial charge >= 0.3 is 6.18 Å². The first kappa shape index (κ1) is 21.2. The molecule has 4 heterocycles. The van der Waals surface area contributed by atoms with E-state index in [0.29, 0.717) is 37.6 Å². The number of carbonyl (C=O) groups is 1. The van der Waals surface area contributed by atoms with Crippen LogP contribution in [0.15, 0.2) is 28.4 Å². The van der Waals surface area contributed by atoms with E-state index >= 15 is 0 Å². The van der Waals surface area contributed by atoms with Crippen LogP contribution in [-0.4, -0.2) is 38.3 Å². The number of fused-ring (bicyclic) bond motifs is 1. The number of ether oxygens (including phenoxy) is 1. The first-order chi connectivity index (χ1) is 14.8. The first-order valence-corrected chi connectivity index (χ1v) is 10.4. The monoisotopic (exact) mass is 453 g/mol.